The van der Waals surface area contributed by atoms with E-state index in [4.69, 9.17) is 23.8 Å². The Labute approximate surface area is 139 Å². The number of furan rings is 1. The van der Waals surface area contributed by atoms with Crippen molar-refractivity contribution in [3.05, 3.63) is 50.2 Å². The molecule has 0 bridgehead atoms. The number of nitrogens with one attached hydrogen (secondary N) is 1. The number of methoxy groups -OCH3 is 1. The van der Waals surface area contributed by atoms with Crippen molar-refractivity contribution in [2.24, 2.45) is 0 Å². The molecule has 12 nitrogen and oxygen atoms in total. The molecular weight excluding hydrogens is 359 g/mol. The molecule has 13 heteroatoms. The van der Waals surface area contributed by atoms with Gasteiger partial charge in [-0.15, -0.1) is 4.86 Å². The number of H-pyrrole nitrogens is 1. The van der Waals surface area contributed by atoms with Crippen LogP contribution < -0.4 is 20.8 Å². The van der Waals surface area contributed by atoms with Gasteiger partial charge in [0, 0.05) is 18.1 Å². The summed E-state index contributed by atoms with van der Waals surface area (Å²) in [4.78, 5) is 48.2. The standard InChI is InChI=1S/C12H13N4O8P/c1-15(13)24-9-7(4-6-25(19,20)21)23-11(10(9)22-2)16-5-3-8(17)14-12(16)18/h3-6H,1-2H3,(H,14,17,18)(H2,19,20,21)/b6-4+. The molecule has 0 spiro atoms. The molecule has 0 unspecified atom stereocenters. The normalized spacial score (nSPS) is 11.7. The van der Waals surface area contributed by atoms with E-state index in [-0.39, 0.29) is 23.1 Å². The molecule has 0 aliphatic rings. The highest BCUT2D eigenvalue weighted by Crippen LogP contribution is 2.43. The van der Waals surface area contributed by atoms with Crippen LogP contribution in [-0.2, 0) is 4.57 Å². The molecule has 2 heterocycles. The number of hydroxylamine groups is 1. The Bertz CT molecular complexity index is 995. The first kappa shape index (κ1) is 18.4. The van der Waals surface area contributed by atoms with Crippen LogP contribution in [0.4, 0.5) is 0 Å². The fraction of sp³-hybridized carbons (Fsp3) is 0.167. The molecule has 0 radical (unpaired) electrons. The van der Waals surface area contributed by atoms with Crippen LogP contribution >= 0.6 is 7.60 Å². The molecule has 25 heavy (non-hydrogen) atoms. The van der Waals surface area contributed by atoms with E-state index >= 15 is 0 Å². The summed E-state index contributed by atoms with van der Waals surface area (Å²) in [7, 11) is -2.18. The van der Waals surface area contributed by atoms with Gasteiger partial charge in [-0.3, -0.25) is 14.3 Å². The Kier molecular flexibility index (Phi) is 5.07. The van der Waals surface area contributed by atoms with Gasteiger partial charge in [0.25, 0.3) is 17.2 Å². The van der Waals surface area contributed by atoms with Gasteiger partial charge in [0.05, 0.1) is 7.11 Å². The summed E-state index contributed by atoms with van der Waals surface area (Å²) in [6.07, 6.45) is 1.99. The Morgan fingerprint density at radius 2 is 2.08 bits per heavy atom. The number of hydrogen-bond acceptors (Lipinski definition) is 6. The molecule has 0 aromatic carbocycles. The molecular formula is C12H13N4O8P. The number of aromatic nitrogens is 2. The van der Waals surface area contributed by atoms with Crippen LogP contribution in [0, 0.1) is 0 Å². The molecule has 2 aromatic rings. The van der Waals surface area contributed by atoms with Gasteiger partial charge in [0.2, 0.25) is 5.75 Å². The number of rotatable bonds is 6. The summed E-state index contributed by atoms with van der Waals surface area (Å²) >= 11 is 0. The molecule has 134 valence electrons. The molecule has 0 amide bonds. The lowest BCUT2D eigenvalue weighted by molar-refractivity contribution is -0.740. The minimum absolute atomic E-state index is 0.166. The van der Waals surface area contributed by atoms with Crippen molar-refractivity contribution in [2.75, 3.05) is 14.2 Å². The van der Waals surface area contributed by atoms with Gasteiger partial charge in [-0.2, -0.15) is 0 Å². The summed E-state index contributed by atoms with van der Waals surface area (Å²) < 4.78 is 22.3. The number of ether oxygens (including phenoxy) is 1. The van der Waals surface area contributed by atoms with Crippen LogP contribution in [0.5, 0.6) is 11.5 Å². The molecule has 2 rings (SSSR count). The minimum atomic E-state index is -4.52. The lowest BCUT2D eigenvalue weighted by Gasteiger charge is -2.04. The van der Waals surface area contributed by atoms with E-state index in [0.29, 0.717) is 10.7 Å². The van der Waals surface area contributed by atoms with Crippen LogP contribution in [0.25, 0.3) is 17.5 Å². The zero-order chi connectivity index (χ0) is 18.8. The van der Waals surface area contributed by atoms with Crippen molar-refractivity contribution in [1.29, 1.82) is 0 Å². The summed E-state index contributed by atoms with van der Waals surface area (Å²) in [5, 5.41) is 0. The van der Waals surface area contributed by atoms with Crippen molar-refractivity contribution in [2.45, 2.75) is 0 Å². The first-order valence-corrected chi connectivity index (χ1v) is 8.18. The number of nitrogens with zero attached hydrogens (tertiary/aromatic N) is 3. The van der Waals surface area contributed by atoms with E-state index < -0.39 is 18.8 Å². The molecule has 0 saturated heterocycles. The van der Waals surface area contributed by atoms with Crippen LogP contribution in [0.1, 0.15) is 5.76 Å². The first-order valence-electron chi connectivity index (χ1n) is 6.50. The highest BCUT2D eigenvalue weighted by Gasteiger charge is 2.27. The van der Waals surface area contributed by atoms with Gasteiger partial charge in [-0.25, -0.2) is 14.2 Å². The van der Waals surface area contributed by atoms with Crippen LogP contribution in [0.15, 0.2) is 32.1 Å². The van der Waals surface area contributed by atoms with Crippen LogP contribution in [-0.4, -0.2) is 38.4 Å². The maximum atomic E-state index is 11.9. The maximum Gasteiger partial charge on any atom is 0.349 e. The minimum Gasteiger partial charge on any atom is -0.488 e. The quantitative estimate of drug-likeness (QED) is 0.280. The molecule has 3 N–H and O–H groups in total. The van der Waals surface area contributed by atoms with Crippen LogP contribution in [0.3, 0.4) is 0 Å². The summed E-state index contributed by atoms with van der Waals surface area (Å²) in [5.74, 6) is -0.389. The molecule has 0 atom stereocenters. The Balaban J connectivity index is 2.72. The highest BCUT2D eigenvalue weighted by atomic mass is 31.2. The van der Waals surface area contributed by atoms with Crippen molar-refractivity contribution in [3.63, 3.8) is 0 Å². The van der Waals surface area contributed by atoms with Gasteiger partial charge >= 0.3 is 13.3 Å². The lowest BCUT2D eigenvalue weighted by atomic mass is 10.4. The van der Waals surface area contributed by atoms with Gasteiger partial charge < -0.3 is 24.5 Å². The van der Waals surface area contributed by atoms with Crippen LogP contribution in [0.2, 0.25) is 0 Å². The van der Waals surface area contributed by atoms with E-state index in [9.17, 15) is 19.7 Å². The summed E-state index contributed by atoms with van der Waals surface area (Å²) in [5.41, 5.74) is 7.78. The maximum absolute atomic E-state index is 11.9. The molecule has 0 saturated carbocycles. The molecule has 0 aliphatic heterocycles. The third kappa shape index (κ3) is 4.32. The van der Waals surface area contributed by atoms with E-state index in [0.717, 1.165) is 30.0 Å². The molecule has 2 aromatic heterocycles. The zero-order valence-corrected chi connectivity index (χ0v) is 13.8. The number of aromatic amines is 1. The van der Waals surface area contributed by atoms with Gasteiger partial charge in [0.1, 0.15) is 0 Å². The van der Waals surface area contributed by atoms with E-state index in [1.54, 1.807) is 0 Å². The largest absolute Gasteiger partial charge is 0.488 e. The lowest BCUT2D eigenvalue weighted by Crippen LogP contribution is -2.27. The second-order valence-corrected chi connectivity index (χ2v) is 6.05. The summed E-state index contributed by atoms with van der Waals surface area (Å²) in [6.45, 7) is 0. The first-order chi connectivity index (χ1) is 11.6. The second-order valence-electron chi connectivity index (χ2n) is 4.57. The monoisotopic (exact) mass is 372 g/mol. The van der Waals surface area contributed by atoms with Gasteiger partial charge in [-0.05, 0) is 6.08 Å². The number of hydrogen-bond donors (Lipinski definition) is 3. The van der Waals surface area contributed by atoms with Crippen molar-refractivity contribution >= 4 is 13.7 Å². The Morgan fingerprint density at radius 3 is 2.60 bits per heavy atom. The highest BCUT2D eigenvalue weighted by molar-refractivity contribution is 7.55. The van der Waals surface area contributed by atoms with Crippen molar-refractivity contribution < 1.29 is 33.2 Å². The molecule has 0 aliphatic carbocycles. The second kappa shape index (κ2) is 6.89. The Morgan fingerprint density at radius 1 is 1.40 bits per heavy atom. The molecule has 0 fully saturated rings. The van der Waals surface area contributed by atoms with E-state index in [1.165, 1.54) is 7.11 Å². The van der Waals surface area contributed by atoms with E-state index in [1.807, 2.05) is 4.98 Å². The predicted molar refractivity (Wildman–Crippen MR) is 82.7 cm³/mol. The topological polar surface area (TPSA) is 169 Å². The van der Waals surface area contributed by atoms with Gasteiger partial charge in [-0.1, -0.05) is 0 Å². The SMILES string of the molecule is COc1c(-n2ccc(=O)[nH]c2=O)oc(/C=C/P(=O)(O)O)c1O[N+](C)=[N-]. The average molecular weight is 372 g/mol. The van der Waals surface area contributed by atoms with Gasteiger partial charge in [0.15, 0.2) is 12.8 Å². The average Bonchev–Trinajstić information content (AvgIpc) is 2.81. The van der Waals surface area contributed by atoms with Crippen molar-refractivity contribution in [3.8, 4) is 17.4 Å². The van der Waals surface area contributed by atoms with Crippen molar-refractivity contribution in [1.82, 2.24) is 9.55 Å². The smallest absolute Gasteiger partial charge is 0.349 e. The fourth-order valence-electron chi connectivity index (χ4n) is 1.81. The Hall–Kier alpha value is -2.95. The third-order valence-corrected chi connectivity index (χ3v) is 3.26. The third-order valence-electron chi connectivity index (χ3n) is 2.72. The summed E-state index contributed by atoms with van der Waals surface area (Å²) in [6, 6.07) is 1.05. The van der Waals surface area contributed by atoms with E-state index in [2.05, 4.69) is 0 Å². The zero-order valence-electron chi connectivity index (χ0n) is 12.9. The fourth-order valence-corrected chi connectivity index (χ4v) is 2.14. The predicted octanol–water partition coefficient (Wildman–Crippen LogP) is 0.233.